The maximum atomic E-state index is 12.6. The molecule has 2 aliphatic heterocycles. The smallest absolute Gasteiger partial charge is 0.352 e. The Morgan fingerprint density at radius 2 is 2.12 bits per heavy atom. The number of rotatable bonds is 11. The lowest BCUT2D eigenvalue weighted by molar-refractivity contribution is -0.150. The summed E-state index contributed by atoms with van der Waals surface area (Å²) in [6.45, 7) is 0.302. The molecule has 1 aromatic heterocycles. The van der Waals surface area contributed by atoms with Gasteiger partial charge in [-0.05, 0) is 22.3 Å². The molecule has 0 bridgehead atoms. The van der Waals surface area contributed by atoms with E-state index in [9.17, 15) is 27.9 Å². The summed E-state index contributed by atoms with van der Waals surface area (Å²) in [4.78, 5) is 37.6. The standard InChI is InChI=1S/C15H21N7O6S4/c1-29-7-9(23)17-10-12(24)22-11(14(25)26)8(5-30-13(10)22)6-31-15-18-19-20-21(15)4-3-16-32(2,27)28/h10,13,16H,3-7H2,1-2H3,(H,17,23)(H,25,26)/t10-,13-/m1/s1. The first kappa shape index (κ1) is 24.8. The number of β-lactam (4-membered cyclic amide) rings is 1. The third-order valence-corrected chi connectivity index (χ3v) is 8.07. The monoisotopic (exact) mass is 523 g/mol. The summed E-state index contributed by atoms with van der Waals surface area (Å²) in [6.07, 6.45) is 2.82. The first-order valence-corrected chi connectivity index (χ1v) is 14.5. The van der Waals surface area contributed by atoms with Crippen LogP contribution in [-0.4, -0.2) is 104 Å². The van der Waals surface area contributed by atoms with E-state index in [1.807, 2.05) is 0 Å². The maximum absolute atomic E-state index is 12.6. The number of sulfonamides is 1. The molecule has 3 rings (SSSR count). The molecule has 2 aliphatic rings. The number of tetrazole rings is 1. The summed E-state index contributed by atoms with van der Waals surface area (Å²) in [5.74, 6) is -1.11. The molecule has 0 radical (unpaired) electrons. The van der Waals surface area contributed by atoms with Gasteiger partial charge in [-0.2, -0.15) is 11.8 Å². The zero-order valence-corrected chi connectivity index (χ0v) is 20.3. The molecule has 2 atom stereocenters. The van der Waals surface area contributed by atoms with Crippen LogP contribution in [0.15, 0.2) is 16.4 Å². The van der Waals surface area contributed by atoms with Crippen LogP contribution < -0.4 is 10.0 Å². The highest BCUT2D eigenvalue weighted by Gasteiger charge is 2.54. The van der Waals surface area contributed by atoms with Crippen molar-refractivity contribution in [3.05, 3.63) is 11.3 Å². The van der Waals surface area contributed by atoms with Crippen LogP contribution in [-0.2, 0) is 31.0 Å². The van der Waals surface area contributed by atoms with E-state index >= 15 is 0 Å². The van der Waals surface area contributed by atoms with Gasteiger partial charge < -0.3 is 10.4 Å². The Labute approximate surface area is 196 Å². The van der Waals surface area contributed by atoms with Gasteiger partial charge in [0.15, 0.2) is 0 Å². The zero-order valence-electron chi connectivity index (χ0n) is 17.0. The SMILES string of the molecule is CSCC(=O)N[C@@H]1C(=O)N2C(C(=O)O)=C(CSc3nnnn3CCNS(C)(=O)=O)CS[C@H]12. The van der Waals surface area contributed by atoms with E-state index in [0.717, 1.165) is 6.26 Å². The number of amides is 2. The first-order chi connectivity index (χ1) is 15.1. The number of carboxylic acid groups (broad SMARTS) is 1. The quantitative estimate of drug-likeness (QED) is 0.224. The van der Waals surface area contributed by atoms with E-state index in [1.165, 1.54) is 44.9 Å². The number of aromatic nitrogens is 4. The lowest BCUT2D eigenvalue weighted by Crippen LogP contribution is -2.70. The summed E-state index contributed by atoms with van der Waals surface area (Å²) >= 11 is 3.91. The van der Waals surface area contributed by atoms with Crippen molar-refractivity contribution < 1.29 is 27.9 Å². The van der Waals surface area contributed by atoms with Crippen LogP contribution in [0.1, 0.15) is 0 Å². The van der Waals surface area contributed by atoms with Gasteiger partial charge in [0, 0.05) is 18.1 Å². The summed E-state index contributed by atoms with van der Waals surface area (Å²) in [5, 5.41) is 23.6. The highest BCUT2D eigenvalue weighted by Crippen LogP contribution is 2.41. The van der Waals surface area contributed by atoms with Crippen LogP contribution in [0, 0.1) is 0 Å². The minimum absolute atomic E-state index is 0.0839. The molecule has 0 spiro atoms. The lowest BCUT2D eigenvalue weighted by atomic mass is 10.0. The second kappa shape index (κ2) is 10.4. The molecule has 1 fully saturated rings. The number of hydrogen-bond donors (Lipinski definition) is 3. The summed E-state index contributed by atoms with van der Waals surface area (Å²) in [5.41, 5.74) is 0.453. The van der Waals surface area contributed by atoms with Crippen molar-refractivity contribution in [3.63, 3.8) is 0 Å². The molecule has 3 heterocycles. The summed E-state index contributed by atoms with van der Waals surface area (Å²) in [7, 11) is -3.34. The number of aliphatic carboxylic acids is 1. The Morgan fingerprint density at radius 1 is 1.38 bits per heavy atom. The Bertz CT molecular complexity index is 1040. The molecular formula is C15H21N7O6S4. The second-order valence-electron chi connectivity index (χ2n) is 6.79. The van der Waals surface area contributed by atoms with Crippen molar-refractivity contribution >= 4 is 63.1 Å². The largest absolute Gasteiger partial charge is 0.477 e. The predicted molar refractivity (Wildman–Crippen MR) is 119 cm³/mol. The number of nitrogens with one attached hydrogen (secondary N) is 2. The van der Waals surface area contributed by atoms with Gasteiger partial charge in [0.1, 0.15) is 17.1 Å². The molecule has 17 heteroatoms. The molecule has 2 amide bonds. The van der Waals surface area contributed by atoms with E-state index in [4.69, 9.17) is 0 Å². The van der Waals surface area contributed by atoms with E-state index in [0.29, 0.717) is 16.5 Å². The minimum atomic E-state index is -3.34. The molecule has 176 valence electrons. The van der Waals surface area contributed by atoms with Crippen molar-refractivity contribution in [1.29, 1.82) is 0 Å². The molecule has 13 nitrogen and oxygen atoms in total. The molecule has 0 aromatic carbocycles. The van der Waals surface area contributed by atoms with Crippen LogP contribution >= 0.6 is 35.3 Å². The van der Waals surface area contributed by atoms with E-state index < -0.39 is 33.3 Å². The van der Waals surface area contributed by atoms with Crippen molar-refractivity contribution in [2.24, 2.45) is 0 Å². The first-order valence-electron chi connectivity index (χ1n) is 9.14. The van der Waals surface area contributed by atoms with Crippen molar-refractivity contribution in [1.82, 2.24) is 35.1 Å². The Morgan fingerprint density at radius 3 is 2.78 bits per heavy atom. The number of carboxylic acids is 1. The molecule has 3 N–H and O–H groups in total. The molecule has 0 unspecified atom stereocenters. The average molecular weight is 524 g/mol. The molecule has 0 saturated carbocycles. The fourth-order valence-electron chi connectivity index (χ4n) is 3.07. The van der Waals surface area contributed by atoms with Crippen LogP contribution in [0.3, 0.4) is 0 Å². The zero-order chi connectivity index (χ0) is 23.5. The van der Waals surface area contributed by atoms with Crippen LogP contribution in [0.5, 0.6) is 0 Å². The highest BCUT2D eigenvalue weighted by atomic mass is 32.2. The fraction of sp³-hybridized carbons (Fsp3) is 0.600. The summed E-state index contributed by atoms with van der Waals surface area (Å²) in [6, 6.07) is -0.738. The fourth-order valence-corrected chi connectivity index (χ4v) is 6.27. The number of carbonyl (C=O) groups excluding carboxylic acids is 2. The minimum Gasteiger partial charge on any atom is -0.477 e. The number of carbonyl (C=O) groups is 3. The third kappa shape index (κ3) is 5.75. The van der Waals surface area contributed by atoms with Crippen LogP contribution in [0.25, 0.3) is 0 Å². The number of nitrogens with zero attached hydrogens (tertiary/aromatic N) is 5. The van der Waals surface area contributed by atoms with Crippen LogP contribution in [0.2, 0.25) is 0 Å². The van der Waals surface area contributed by atoms with E-state index in [1.54, 1.807) is 6.26 Å². The van der Waals surface area contributed by atoms with Crippen molar-refractivity contribution in [2.45, 2.75) is 23.1 Å². The number of thioether (sulfide) groups is 3. The van der Waals surface area contributed by atoms with Gasteiger partial charge >= 0.3 is 5.97 Å². The lowest BCUT2D eigenvalue weighted by Gasteiger charge is -2.49. The normalized spacial score (nSPS) is 20.7. The maximum Gasteiger partial charge on any atom is 0.352 e. The van der Waals surface area contributed by atoms with Gasteiger partial charge in [0.25, 0.3) is 5.91 Å². The second-order valence-corrected chi connectivity index (χ2v) is 11.5. The van der Waals surface area contributed by atoms with Crippen LogP contribution in [0.4, 0.5) is 0 Å². The number of fused-ring (bicyclic) bond motifs is 1. The van der Waals surface area contributed by atoms with E-state index in [-0.39, 0.29) is 36.2 Å². The molecule has 1 aromatic rings. The number of hydrogen-bond acceptors (Lipinski definition) is 11. The predicted octanol–water partition coefficient (Wildman–Crippen LogP) is -1.58. The Balaban J connectivity index is 1.67. The molecule has 32 heavy (non-hydrogen) atoms. The van der Waals surface area contributed by atoms with E-state index in [2.05, 4.69) is 25.6 Å². The van der Waals surface area contributed by atoms with Gasteiger partial charge in [-0.1, -0.05) is 11.8 Å². The van der Waals surface area contributed by atoms with Gasteiger partial charge in [-0.3, -0.25) is 14.5 Å². The van der Waals surface area contributed by atoms with Gasteiger partial charge in [-0.15, -0.1) is 16.9 Å². The molecule has 0 aliphatic carbocycles. The van der Waals surface area contributed by atoms with Crippen molar-refractivity contribution in [2.75, 3.05) is 36.3 Å². The Kier molecular flexibility index (Phi) is 8.07. The topological polar surface area (TPSA) is 176 Å². The van der Waals surface area contributed by atoms with Gasteiger partial charge in [0.05, 0.1) is 18.6 Å². The molecule has 1 saturated heterocycles. The highest BCUT2D eigenvalue weighted by molar-refractivity contribution is 8.01. The third-order valence-electron chi connectivity index (χ3n) is 4.40. The van der Waals surface area contributed by atoms with Crippen molar-refractivity contribution in [3.8, 4) is 0 Å². The average Bonchev–Trinajstić information content (AvgIpc) is 3.16. The van der Waals surface area contributed by atoms with Gasteiger partial charge in [-0.25, -0.2) is 22.6 Å². The van der Waals surface area contributed by atoms with Gasteiger partial charge in [0.2, 0.25) is 21.1 Å². The molecular weight excluding hydrogens is 502 g/mol. The summed E-state index contributed by atoms with van der Waals surface area (Å²) < 4.78 is 26.1. The Hall–Kier alpha value is -1.82.